The van der Waals surface area contributed by atoms with Crippen molar-refractivity contribution >= 4 is 5.96 Å². The molecular formula is C19H32N4O2. The van der Waals surface area contributed by atoms with E-state index in [1.54, 1.807) is 14.2 Å². The van der Waals surface area contributed by atoms with Gasteiger partial charge in [0, 0.05) is 26.2 Å². The quantitative estimate of drug-likeness (QED) is 0.585. The molecule has 0 amide bonds. The van der Waals surface area contributed by atoms with Crippen LogP contribution in [0.25, 0.3) is 0 Å². The predicted molar refractivity (Wildman–Crippen MR) is 103 cm³/mol. The number of hydrogen-bond acceptors (Lipinski definition) is 4. The first-order valence-electron chi connectivity index (χ1n) is 9.11. The number of aliphatic imine (C=N–C) groups is 1. The van der Waals surface area contributed by atoms with Gasteiger partial charge >= 0.3 is 0 Å². The SMILES string of the molecule is CCN1CCCCC1CNC(=NC)NCc1ccc(OC)c(OC)c1. The molecule has 0 aromatic heterocycles. The van der Waals surface area contributed by atoms with Crippen molar-refractivity contribution in [2.75, 3.05) is 40.9 Å². The van der Waals surface area contributed by atoms with Crippen molar-refractivity contribution in [1.82, 2.24) is 15.5 Å². The molecule has 1 aliphatic rings. The Morgan fingerprint density at radius 1 is 1.20 bits per heavy atom. The zero-order valence-electron chi connectivity index (χ0n) is 16.0. The minimum Gasteiger partial charge on any atom is -0.493 e. The minimum atomic E-state index is 0.596. The zero-order chi connectivity index (χ0) is 18.1. The van der Waals surface area contributed by atoms with E-state index in [4.69, 9.17) is 9.47 Å². The number of guanidine groups is 1. The second kappa shape index (κ2) is 10.1. The van der Waals surface area contributed by atoms with E-state index in [2.05, 4.69) is 27.4 Å². The second-order valence-electron chi connectivity index (χ2n) is 6.27. The molecule has 0 saturated carbocycles. The molecule has 1 aliphatic heterocycles. The number of ether oxygens (including phenoxy) is 2. The van der Waals surface area contributed by atoms with Crippen LogP contribution < -0.4 is 20.1 Å². The highest BCUT2D eigenvalue weighted by atomic mass is 16.5. The molecule has 0 spiro atoms. The van der Waals surface area contributed by atoms with Crippen molar-refractivity contribution in [1.29, 1.82) is 0 Å². The molecule has 1 aromatic rings. The summed E-state index contributed by atoms with van der Waals surface area (Å²) in [7, 11) is 5.11. The fourth-order valence-electron chi connectivity index (χ4n) is 3.32. The first-order chi connectivity index (χ1) is 12.2. The summed E-state index contributed by atoms with van der Waals surface area (Å²) in [5.74, 6) is 2.31. The third kappa shape index (κ3) is 5.53. The largest absolute Gasteiger partial charge is 0.493 e. The number of methoxy groups -OCH3 is 2. The fourth-order valence-corrected chi connectivity index (χ4v) is 3.32. The zero-order valence-corrected chi connectivity index (χ0v) is 16.0. The van der Waals surface area contributed by atoms with Crippen LogP contribution in [-0.4, -0.2) is 57.8 Å². The van der Waals surface area contributed by atoms with Crippen molar-refractivity contribution < 1.29 is 9.47 Å². The third-order valence-corrected chi connectivity index (χ3v) is 4.79. The Kier molecular flexibility index (Phi) is 7.85. The van der Waals surface area contributed by atoms with Gasteiger partial charge in [-0.05, 0) is 43.6 Å². The molecular weight excluding hydrogens is 316 g/mol. The van der Waals surface area contributed by atoms with Gasteiger partial charge < -0.3 is 20.1 Å². The average Bonchev–Trinajstić information content (AvgIpc) is 2.68. The Morgan fingerprint density at radius 3 is 2.68 bits per heavy atom. The molecule has 140 valence electrons. The molecule has 25 heavy (non-hydrogen) atoms. The highest BCUT2D eigenvalue weighted by molar-refractivity contribution is 5.79. The lowest BCUT2D eigenvalue weighted by Crippen LogP contribution is -2.48. The summed E-state index contributed by atoms with van der Waals surface area (Å²) in [6, 6.07) is 6.53. The molecule has 6 heteroatoms. The molecule has 2 N–H and O–H groups in total. The summed E-state index contributed by atoms with van der Waals surface area (Å²) in [5, 5.41) is 6.84. The summed E-state index contributed by atoms with van der Waals surface area (Å²) in [6.45, 7) is 6.18. The third-order valence-electron chi connectivity index (χ3n) is 4.79. The Morgan fingerprint density at radius 2 is 2.00 bits per heavy atom. The monoisotopic (exact) mass is 348 g/mol. The van der Waals surface area contributed by atoms with Crippen LogP contribution in [0.3, 0.4) is 0 Å². The normalized spacial score (nSPS) is 18.7. The highest BCUT2D eigenvalue weighted by Crippen LogP contribution is 2.27. The molecule has 0 radical (unpaired) electrons. The molecule has 1 fully saturated rings. The molecule has 1 aromatic carbocycles. The van der Waals surface area contributed by atoms with Crippen LogP contribution in [-0.2, 0) is 6.54 Å². The van der Waals surface area contributed by atoms with Crippen LogP contribution in [0.2, 0.25) is 0 Å². The number of likely N-dealkylation sites (tertiary alicyclic amines) is 1. The van der Waals surface area contributed by atoms with E-state index >= 15 is 0 Å². The van der Waals surface area contributed by atoms with E-state index < -0.39 is 0 Å². The van der Waals surface area contributed by atoms with E-state index in [9.17, 15) is 0 Å². The van der Waals surface area contributed by atoms with Gasteiger partial charge in [0.1, 0.15) is 0 Å². The maximum absolute atomic E-state index is 5.36. The number of piperidine rings is 1. The lowest BCUT2D eigenvalue weighted by Gasteiger charge is -2.35. The minimum absolute atomic E-state index is 0.596. The maximum Gasteiger partial charge on any atom is 0.191 e. The van der Waals surface area contributed by atoms with E-state index in [1.807, 2.05) is 25.2 Å². The maximum atomic E-state index is 5.36. The molecule has 0 aliphatic carbocycles. The van der Waals surface area contributed by atoms with Gasteiger partial charge in [-0.15, -0.1) is 0 Å². The smallest absolute Gasteiger partial charge is 0.191 e. The van der Waals surface area contributed by atoms with Crippen LogP contribution in [0.15, 0.2) is 23.2 Å². The second-order valence-corrected chi connectivity index (χ2v) is 6.27. The molecule has 1 saturated heterocycles. The van der Waals surface area contributed by atoms with Gasteiger partial charge in [0.15, 0.2) is 17.5 Å². The predicted octanol–water partition coefficient (Wildman–Crippen LogP) is 2.24. The van der Waals surface area contributed by atoms with Crippen LogP contribution in [0.4, 0.5) is 0 Å². The standard InChI is InChI=1S/C19H32N4O2/c1-5-23-11-7-6-8-16(23)14-22-19(20-2)21-13-15-9-10-17(24-3)18(12-15)25-4/h9-10,12,16H,5-8,11,13-14H2,1-4H3,(H2,20,21,22). The van der Waals surface area contributed by atoms with Gasteiger partial charge in [-0.2, -0.15) is 0 Å². The van der Waals surface area contributed by atoms with Crippen molar-refractivity contribution in [3.63, 3.8) is 0 Å². The number of likely N-dealkylation sites (N-methyl/N-ethyl adjacent to an activating group) is 1. The van der Waals surface area contributed by atoms with Gasteiger partial charge in [0.2, 0.25) is 0 Å². The molecule has 1 atom stereocenters. The average molecular weight is 348 g/mol. The van der Waals surface area contributed by atoms with Crippen molar-refractivity contribution in [3.8, 4) is 11.5 Å². The number of rotatable bonds is 7. The summed E-state index contributed by atoms with van der Waals surface area (Å²) >= 11 is 0. The summed E-state index contributed by atoms with van der Waals surface area (Å²) in [5.41, 5.74) is 1.12. The number of benzene rings is 1. The fraction of sp³-hybridized carbons (Fsp3) is 0.632. The van der Waals surface area contributed by atoms with Gasteiger partial charge in [0.05, 0.1) is 14.2 Å². The van der Waals surface area contributed by atoms with Crippen LogP contribution in [0, 0.1) is 0 Å². The summed E-state index contributed by atoms with van der Waals surface area (Å²) in [4.78, 5) is 6.89. The van der Waals surface area contributed by atoms with E-state index in [1.165, 1.54) is 25.8 Å². The lowest BCUT2D eigenvalue weighted by molar-refractivity contribution is 0.157. The number of hydrogen-bond donors (Lipinski definition) is 2. The molecule has 1 unspecified atom stereocenters. The Balaban J connectivity index is 1.86. The summed E-state index contributed by atoms with van der Waals surface area (Å²) < 4.78 is 10.6. The van der Waals surface area contributed by atoms with E-state index in [0.29, 0.717) is 12.6 Å². The lowest BCUT2D eigenvalue weighted by atomic mass is 10.0. The Labute approximate surface area is 151 Å². The van der Waals surface area contributed by atoms with Gasteiger partial charge in [0.25, 0.3) is 0 Å². The topological polar surface area (TPSA) is 58.1 Å². The van der Waals surface area contributed by atoms with Crippen molar-refractivity contribution in [3.05, 3.63) is 23.8 Å². The van der Waals surface area contributed by atoms with E-state index in [0.717, 1.165) is 36.1 Å². The van der Waals surface area contributed by atoms with Crippen LogP contribution >= 0.6 is 0 Å². The number of nitrogens with zero attached hydrogens (tertiary/aromatic N) is 2. The first kappa shape index (κ1) is 19.4. The molecule has 0 bridgehead atoms. The first-order valence-corrected chi connectivity index (χ1v) is 9.11. The summed E-state index contributed by atoms with van der Waals surface area (Å²) in [6.07, 6.45) is 3.89. The molecule has 2 rings (SSSR count). The number of nitrogens with one attached hydrogen (secondary N) is 2. The Bertz CT molecular complexity index is 562. The highest BCUT2D eigenvalue weighted by Gasteiger charge is 2.20. The van der Waals surface area contributed by atoms with E-state index in [-0.39, 0.29) is 0 Å². The van der Waals surface area contributed by atoms with Crippen molar-refractivity contribution in [2.45, 2.75) is 38.8 Å². The van der Waals surface area contributed by atoms with Crippen molar-refractivity contribution in [2.24, 2.45) is 4.99 Å². The van der Waals surface area contributed by atoms with Gasteiger partial charge in [-0.3, -0.25) is 9.89 Å². The van der Waals surface area contributed by atoms with Crippen LogP contribution in [0.1, 0.15) is 31.7 Å². The van der Waals surface area contributed by atoms with Gasteiger partial charge in [-0.25, -0.2) is 0 Å². The van der Waals surface area contributed by atoms with Gasteiger partial charge in [-0.1, -0.05) is 19.4 Å². The molecule has 1 heterocycles. The van der Waals surface area contributed by atoms with Crippen LogP contribution in [0.5, 0.6) is 11.5 Å². The Hall–Kier alpha value is -1.95. The molecule has 6 nitrogen and oxygen atoms in total.